The number of aliphatic carboxylic acids is 1. The summed E-state index contributed by atoms with van der Waals surface area (Å²) in [7, 11) is 0. The van der Waals surface area contributed by atoms with E-state index in [0.29, 0.717) is 18.7 Å². The van der Waals surface area contributed by atoms with Gasteiger partial charge in [-0.15, -0.1) is 0 Å². The Bertz CT molecular complexity index is 495. The van der Waals surface area contributed by atoms with Crippen molar-refractivity contribution in [2.24, 2.45) is 5.92 Å². The summed E-state index contributed by atoms with van der Waals surface area (Å²) in [6, 6.07) is 5.17. The van der Waals surface area contributed by atoms with Gasteiger partial charge in [-0.2, -0.15) is 0 Å². The summed E-state index contributed by atoms with van der Waals surface area (Å²) in [6.45, 7) is 2.34. The molecule has 3 N–H and O–H groups in total. The van der Waals surface area contributed by atoms with Crippen LogP contribution in [-0.4, -0.2) is 23.7 Å². The summed E-state index contributed by atoms with van der Waals surface area (Å²) in [5, 5.41) is 14.0. The number of carboxylic acid groups (broad SMARTS) is 1. The van der Waals surface area contributed by atoms with Gasteiger partial charge in [0.2, 0.25) is 0 Å². The topological polar surface area (TPSA) is 78.4 Å². The smallest absolute Gasteiger partial charge is 0.319 e. The Morgan fingerprint density at radius 3 is 2.70 bits per heavy atom. The lowest BCUT2D eigenvalue weighted by Gasteiger charge is -2.13. The van der Waals surface area contributed by atoms with Gasteiger partial charge >= 0.3 is 12.0 Å². The monoisotopic (exact) mass is 406 g/mol. The zero-order valence-electron chi connectivity index (χ0n) is 11.0. The van der Waals surface area contributed by atoms with E-state index >= 15 is 0 Å². The number of benzene rings is 1. The Balaban J connectivity index is 2.40. The van der Waals surface area contributed by atoms with Crippen LogP contribution in [0, 0.1) is 5.92 Å². The number of halogens is 2. The molecule has 110 valence electrons. The van der Waals surface area contributed by atoms with E-state index in [9.17, 15) is 9.59 Å². The molecule has 1 aromatic rings. The van der Waals surface area contributed by atoms with Crippen molar-refractivity contribution in [3.8, 4) is 0 Å². The maximum Gasteiger partial charge on any atom is 0.319 e. The molecule has 1 atom stereocenters. The van der Waals surface area contributed by atoms with Crippen LogP contribution in [0.2, 0.25) is 0 Å². The highest BCUT2D eigenvalue weighted by Crippen LogP contribution is 2.25. The molecule has 1 rings (SSSR count). The second-order valence-electron chi connectivity index (χ2n) is 4.50. The highest BCUT2D eigenvalue weighted by atomic mass is 79.9. The molecule has 0 radical (unpaired) electrons. The fourth-order valence-electron chi connectivity index (χ4n) is 1.50. The molecule has 0 heterocycles. The number of carbonyl (C=O) groups is 2. The first-order chi connectivity index (χ1) is 9.38. The van der Waals surface area contributed by atoms with Crippen LogP contribution < -0.4 is 10.6 Å². The molecule has 1 unspecified atom stereocenters. The van der Waals surface area contributed by atoms with E-state index in [-0.39, 0.29) is 18.4 Å². The number of carbonyl (C=O) groups excluding carboxylic acids is 1. The Hall–Kier alpha value is -1.08. The molecular weight excluding hydrogens is 392 g/mol. The number of nitrogens with one attached hydrogen (secondary N) is 2. The summed E-state index contributed by atoms with van der Waals surface area (Å²) >= 11 is 6.69. The molecule has 7 heteroatoms. The van der Waals surface area contributed by atoms with E-state index in [1.807, 2.05) is 19.1 Å². The lowest BCUT2D eigenvalue weighted by Crippen LogP contribution is -2.32. The van der Waals surface area contributed by atoms with E-state index in [0.717, 1.165) is 8.95 Å². The van der Waals surface area contributed by atoms with E-state index in [2.05, 4.69) is 42.5 Å². The second kappa shape index (κ2) is 8.26. The fourth-order valence-corrected chi connectivity index (χ4v) is 2.21. The summed E-state index contributed by atoms with van der Waals surface area (Å²) in [5.74, 6) is -0.706. The maximum atomic E-state index is 11.7. The maximum absolute atomic E-state index is 11.7. The third-order valence-corrected chi connectivity index (χ3v) is 3.82. The normalized spacial score (nSPS) is 11.8. The average molecular weight is 408 g/mol. The van der Waals surface area contributed by atoms with Gasteiger partial charge in [0.1, 0.15) is 0 Å². The number of amides is 2. The number of hydrogen-bond donors (Lipinski definition) is 3. The third-order valence-electron chi connectivity index (χ3n) is 2.64. The molecule has 5 nitrogen and oxygen atoms in total. The molecule has 0 aliphatic carbocycles. The van der Waals surface area contributed by atoms with E-state index in [1.165, 1.54) is 0 Å². The summed E-state index contributed by atoms with van der Waals surface area (Å²) in [4.78, 5) is 22.2. The van der Waals surface area contributed by atoms with Gasteiger partial charge < -0.3 is 15.7 Å². The number of urea groups is 1. The van der Waals surface area contributed by atoms with Crippen LogP contribution in [0.1, 0.15) is 19.8 Å². The van der Waals surface area contributed by atoms with Crippen molar-refractivity contribution >= 4 is 49.5 Å². The minimum absolute atomic E-state index is 0.113. The quantitative estimate of drug-likeness (QED) is 0.670. The molecule has 0 aliphatic heterocycles. The van der Waals surface area contributed by atoms with E-state index < -0.39 is 5.97 Å². The Morgan fingerprint density at radius 2 is 2.05 bits per heavy atom. The summed E-state index contributed by atoms with van der Waals surface area (Å²) < 4.78 is 1.65. The van der Waals surface area contributed by atoms with Crippen LogP contribution in [0.15, 0.2) is 27.1 Å². The van der Waals surface area contributed by atoms with Crippen molar-refractivity contribution in [3.05, 3.63) is 27.1 Å². The molecule has 20 heavy (non-hydrogen) atoms. The van der Waals surface area contributed by atoms with Gasteiger partial charge in [0.05, 0.1) is 5.69 Å². The standard InChI is InChI=1S/C13H16Br2N2O3/c1-8(2-5-12(18)19)7-16-13(20)17-11-6-9(14)3-4-10(11)15/h3-4,6,8H,2,5,7H2,1H3,(H,18,19)(H2,16,17,20). The summed E-state index contributed by atoms with van der Waals surface area (Å²) in [6.07, 6.45) is 0.651. The molecule has 0 aliphatic rings. The number of rotatable bonds is 6. The highest BCUT2D eigenvalue weighted by molar-refractivity contribution is 9.11. The molecule has 0 aromatic heterocycles. The number of carboxylic acids is 1. The van der Waals surface area contributed by atoms with Gasteiger partial charge in [-0.3, -0.25) is 4.79 Å². The molecule has 2 amide bonds. The fraction of sp³-hybridized carbons (Fsp3) is 0.385. The van der Waals surface area contributed by atoms with Crippen molar-refractivity contribution in [1.29, 1.82) is 0 Å². The van der Waals surface area contributed by atoms with Gasteiger partial charge in [-0.05, 0) is 46.5 Å². The predicted octanol–water partition coefficient (Wildman–Crippen LogP) is 3.83. The van der Waals surface area contributed by atoms with Crippen LogP contribution in [-0.2, 0) is 4.79 Å². The van der Waals surface area contributed by atoms with Crippen LogP contribution in [0.5, 0.6) is 0 Å². The van der Waals surface area contributed by atoms with E-state index in [4.69, 9.17) is 5.11 Å². The summed E-state index contributed by atoms with van der Waals surface area (Å²) in [5.41, 5.74) is 0.662. The van der Waals surface area contributed by atoms with Crippen LogP contribution >= 0.6 is 31.9 Å². The first-order valence-electron chi connectivity index (χ1n) is 6.10. The van der Waals surface area contributed by atoms with Crippen molar-refractivity contribution in [2.45, 2.75) is 19.8 Å². The molecule has 0 saturated carbocycles. The largest absolute Gasteiger partial charge is 0.481 e. The van der Waals surface area contributed by atoms with Gasteiger partial charge in [0, 0.05) is 21.9 Å². The molecule has 0 saturated heterocycles. The lowest BCUT2D eigenvalue weighted by atomic mass is 10.1. The van der Waals surface area contributed by atoms with E-state index in [1.54, 1.807) is 6.07 Å². The first kappa shape index (κ1) is 17.0. The van der Waals surface area contributed by atoms with Crippen molar-refractivity contribution in [1.82, 2.24) is 5.32 Å². The average Bonchev–Trinajstić information content (AvgIpc) is 2.38. The van der Waals surface area contributed by atoms with Crippen LogP contribution in [0.25, 0.3) is 0 Å². The lowest BCUT2D eigenvalue weighted by molar-refractivity contribution is -0.137. The van der Waals surface area contributed by atoms with Crippen LogP contribution in [0.3, 0.4) is 0 Å². The molecular formula is C13H16Br2N2O3. The highest BCUT2D eigenvalue weighted by Gasteiger charge is 2.09. The first-order valence-corrected chi connectivity index (χ1v) is 7.68. The number of anilines is 1. The SMILES string of the molecule is CC(CCC(=O)O)CNC(=O)Nc1cc(Br)ccc1Br. The molecule has 0 bridgehead atoms. The minimum Gasteiger partial charge on any atom is -0.481 e. The second-order valence-corrected chi connectivity index (χ2v) is 6.27. The third kappa shape index (κ3) is 6.38. The van der Waals surface area contributed by atoms with Gasteiger partial charge in [-0.1, -0.05) is 22.9 Å². The van der Waals surface area contributed by atoms with Gasteiger partial charge in [-0.25, -0.2) is 4.79 Å². The van der Waals surface area contributed by atoms with Crippen molar-refractivity contribution in [3.63, 3.8) is 0 Å². The Labute approximate surface area is 134 Å². The van der Waals surface area contributed by atoms with Crippen molar-refractivity contribution < 1.29 is 14.7 Å². The zero-order chi connectivity index (χ0) is 15.1. The van der Waals surface area contributed by atoms with Crippen molar-refractivity contribution in [2.75, 3.05) is 11.9 Å². The number of hydrogen-bond acceptors (Lipinski definition) is 2. The molecule has 0 spiro atoms. The van der Waals surface area contributed by atoms with Gasteiger partial charge in [0.15, 0.2) is 0 Å². The minimum atomic E-state index is -0.820. The Kier molecular flexibility index (Phi) is 7.01. The molecule has 0 fully saturated rings. The Morgan fingerprint density at radius 1 is 1.35 bits per heavy atom. The molecule has 1 aromatic carbocycles. The van der Waals surface area contributed by atoms with Gasteiger partial charge in [0.25, 0.3) is 0 Å². The predicted molar refractivity (Wildman–Crippen MR) is 84.9 cm³/mol. The zero-order valence-corrected chi connectivity index (χ0v) is 14.1. The van der Waals surface area contributed by atoms with Crippen LogP contribution in [0.4, 0.5) is 10.5 Å².